The number of hydrogen-bond acceptors (Lipinski definition) is 9. The summed E-state index contributed by atoms with van der Waals surface area (Å²) < 4.78 is 6.04. The monoisotopic (exact) mass is 562 g/mol. The van der Waals surface area contributed by atoms with Crippen molar-refractivity contribution >= 4 is 34.9 Å². The van der Waals surface area contributed by atoms with Crippen molar-refractivity contribution in [3.05, 3.63) is 88.7 Å². The molecule has 2 unspecified atom stereocenters. The van der Waals surface area contributed by atoms with Gasteiger partial charge in [0, 0.05) is 31.7 Å². The maximum absolute atomic E-state index is 12.1. The van der Waals surface area contributed by atoms with Crippen LogP contribution in [-0.4, -0.2) is 59.3 Å². The average molecular weight is 563 g/mol. The van der Waals surface area contributed by atoms with Gasteiger partial charge in [-0.05, 0) is 49.1 Å². The third-order valence-corrected chi connectivity index (χ3v) is 7.15. The Balaban J connectivity index is 1.51. The molecular formula is C29H35ClN8O2. The van der Waals surface area contributed by atoms with Crippen LogP contribution in [0.1, 0.15) is 41.1 Å². The molecule has 10 nitrogen and oxygen atoms in total. The number of aryl methyl sites for hydroxylation is 1. The SMILES string of the molecule is C=CC(=O)N1CCCC(Nc2ncnc(N)c2C(N)c2ccc(OCC(=NNC)c3ccccc3C)c(Cl)c2)C1. The zero-order valence-corrected chi connectivity index (χ0v) is 23.5. The number of likely N-dealkylation sites (tertiary alicyclic amines) is 1. The van der Waals surface area contributed by atoms with Crippen molar-refractivity contribution in [2.45, 2.75) is 31.8 Å². The zero-order chi connectivity index (χ0) is 28.6. The zero-order valence-electron chi connectivity index (χ0n) is 22.7. The lowest BCUT2D eigenvalue weighted by molar-refractivity contribution is -0.127. The summed E-state index contributed by atoms with van der Waals surface area (Å²) in [7, 11) is 1.74. The van der Waals surface area contributed by atoms with Crippen LogP contribution in [0.15, 0.2) is 66.5 Å². The first-order valence-electron chi connectivity index (χ1n) is 13.1. The predicted molar refractivity (Wildman–Crippen MR) is 160 cm³/mol. The molecule has 2 aromatic carbocycles. The van der Waals surface area contributed by atoms with Gasteiger partial charge >= 0.3 is 0 Å². The van der Waals surface area contributed by atoms with Gasteiger partial charge in [-0.3, -0.25) is 4.79 Å². The van der Waals surface area contributed by atoms with Crippen LogP contribution >= 0.6 is 11.6 Å². The minimum atomic E-state index is -0.655. The predicted octanol–water partition coefficient (Wildman–Crippen LogP) is 3.66. The van der Waals surface area contributed by atoms with Crippen LogP contribution in [0.4, 0.5) is 11.6 Å². The number of nitrogen functional groups attached to an aromatic ring is 1. The molecule has 0 saturated carbocycles. The first-order valence-corrected chi connectivity index (χ1v) is 13.5. The van der Waals surface area contributed by atoms with Crippen molar-refractivity contribution in [1.29, 1.82) is 0 Å². The number of anilines is 2. The van der Waals surface area contributed by atoms with Gasteiger partial charge in [0.05, 0.1) is 16.6 Å². The molecule has 1 aliphatic heterocycles. The van der Waals surface area contributed by atoms with Gasteiger partial charge in [-0.2, -0.15) is 5.10 Å². The molecule has 3 aromatic rings. The van der Waals surface area contributed by atoms with Gasteiger partial charge in [-0.15, -0.1) is 0 Å². The molecule has 2 heterocycles. The minimum Gasteiger partial charge on any atom is -0.486 e. The van der Waals surface area contributed by atoms with Crippen molar-refractivity contribution in [2.75, 3.05) is 37.8 Å². The molecule has 11 heteroatoms. The Morgan fingerprint density at radius 3 is 2.85 bits per heavy atom. The highest BCUT2D eigenvalue weighted by molar-refractivity contribution is 6.32. The van der Waals surface area contributed by atoms with Gasteiger partial charge in [0.2, 0.25) is 5.91 Å². The summed E-state index contributed by atoms with van der Waals surface area (Å²) in [6.45, 7) is 7.06. The number of benzene rings is 2. The van der Waals surface area contributed by atoms with Crippen LogP contribution in [0.2, 0.25) is 5.02 Å². The third-order valence-electron chi connectivity index (χ3n) is 6.86. The number of nitrogens with one attached hydrogen (secondary N) is 2. The molecule has 40 heavy (non-hydrogen) atoms. The molecule has 1 fully saturated rings. The number of ether oxygens (including phenoxy) is 1. The number of halogens is 1. The van der Waals surface area contributed by atoms with E-state index in [4.69, 9.17) is 27.8 Å². The number of hydrogen-bond donors (Lipinski definition) is 4. The fraction of sp³-hybridized carbons (Fsp3) is 0.310. The Labute approximate surface area is 239 Å². The van der Waals surface area contributed by atoms with Crippen molar-refractivity contribution in [1.82, 2.24) is 20.3 Å². The first kappa shape index (κ1) is 28.8. The Bertz CT molecular complexity index is 1400. The highest BCUT2D eigenvalue weighted by Gasteiger charge is 2.26. The standard InChI is InChI=1S/C29H35ClN8O2/c1-4-25(39)38-13-7-9-20(15-38)36-29-26(28(32)34-17-35-29)27(31)19-11-12-24(22(30)14-19)40-16-23(37-33-3)21-10-6-5-8-18(21)2/h4-6,8,10-12,14,17,20,27,33H,1,7,9,13,15-16,31H2,2-3H3,(H3,32,34,35,36). The van der Waals surface area contributed by atoms with Gasteiger partial charge in [-0.1, -0.05) is 48.5 Å². The first-order chi connectivity index (χ1) is 19.3. The second kappa shape index (κ2) is 13.3. The van der Waals surface area contributed by atoms with E-state index in [-0.39, 0.29) is 24.4 Å². The van der Waals surface area contributed by atoms with Crippen molar-refractivity contribution in [3.8, 4) is 5.75 Å². The number of amides is 1. The maximum Gasteiger partial charge on any atom is 0.246 e. The van der Waals surface area contributed by atoms with Gasteiger partial charge in [0.25, 0.3) is 0 Å². The smallest absolute Gasteiger partial charge is 0.246 e. The number of carbonyl (C=O) groups is 1. The average Bonchev–Trinajstić information content (AvgIpc) is 2.95. The molecule has 1 aliphatic rings. The number of nitrogens with two attached hydrogens (primary N) is 2. The Morgan fingerprint density at radius 2 is 2.12 bits per heavy atom. The summed E-state index contributed by atoms with van der Waals surface area (Å²) in [5.74, 6) is 1.20. The fourth-order valence-corrected chi connectivity index (χ4v) is 5.03. The topological polar surface area (TPSA) is 144 Å². The van der Waals surface area contributed by atoms with Gasteiger partial charge in [0.15, 0.2) is 0 Å². The lowest BCUT2D eigenvalue weighted by Gasteiger charge is -2.33. The molecule has 1 saturated heterocycles. The van der Waals surface area contributed by atoms with Gasteiger partial charge in [-0.25, -0.2) is 9.97 Å². The molecular weight excluding hydrogens is 528 g/mol. The molecule has 1 amide bonds. The van der Waals surface area contributed by atoms with Crippen LogP contribution in [-0.2, 0) is 4.79 Å². The Hall–Kier alpha value is -4.15. The highest BCUT2D eigenvalue weighted by Crippen LogP contribution is 2.34. The molecule has 4 rings (SSSR count). The van der Waals surface area contributed by atoms with Gasteiger partial charge in [0.1, 0.15) is 36.0 Å². The van der Waals surface area contributed by atoms with E-state index in [1.165, 1.54) is 12.4 Å². The normalized spacial score (nSPS) is 16.2. The van der Waals surface area contributed by atoms with Crippen molar-refractivity contribution < 1.29 is 9.53 Å². The summed E-state index contributed by atoms with van der Waals surface area (Å²) in [6, 6.07) is 12.7. The molecule has 210 valence electrons. The van der Waals surface area contributed by atoms with Crippen LogP contribution in [0.25, 0.3) is 0 Å². The van der Waals surface area contributed by atoms with Crippen molar-refractivity contribution in [2.24, 2.45) is 10.8 Å². The van der Waals surface area contributed by atoms with Crippen LogP contribution < -0.4 is 26.9 Å². The van der Waals surface area contributed by atoms with Crippen LogP contribution in [0, 0.1) is 6.92 Å². The van der Waals surface area contributed by atoms with E-state index in [1.807, 2.05) is 37.3 Å². The molecule has 2 atom stereocenters. The quantitative estimate of drug-likeness (QED) is 0.166. The van der Waals surface area contributed by atoms with E-state index in [1.54, 1.807) is 24.1 Å². The Kier molecular flexibility index (Phi) is 9.57. The number of nitrogens with zero attached hydrogens (tertiary/aromatic N) is 4. The lowest BCUT2D eigenvalue weighted by atomic mass is 9.99. The lowest BCUT2D eigenvalue weighted by Crippen LogP contribution is -2.44. The molecule has 1 aromatic heterocycles. The summed E-state index contributed by atoms with van der Waals surface area (Å²) in [4.78, 5) is 22.5. The summed E-state index contributed by atoms with van der Waals surface area (Å²) in [6.07, 6.45) is 4.46. The summed E-state index contributed by atoms with van der Waals surface area (Å²) in [5, 5.41) is 8.21. The summed E-state index contributed by atoms with van der Waals surface area (Å²) in [5.41, 5.74) is 19.9. The second-order valence-corrected chi connectivity index (χ2v) is 9.95. The number of piperidine rings is 1. The molecule has 0 radical (unpaired) electrons. The number of carbonyl (C=O) groups excluding carboxylic acids is 1. The maximum atomic E-state index is 12.1. The molecule has 6 N–H and O–H groups in total. The second-order valence-electron chi connectivity index (χ2n) is 9.55. The molecule has 0 bridgehead atoms. The van der Waals surface area contributed by atoms with E-state index in [9.17, 15) is 4.79 Å². The van der Waals surface area contributed by atoms with E-state index in [2.05, 4.69) is 32.4 Å². The number of hydrazone groups is 1. The van der Waals surface area contributed by atoms with Crippen molar-refractivity contribution in [3.63, 3.8) is 0 Å². The van der Waals surface area contributed by atoms with E-state index in [0.717, 1.165) is 35.2 Å². The molecule has 0 spiro atoms. The van der Waals surface area contributed by atoms with Gasteiger partial charge < -0.3 is 31.8 Å². The Morgan fingerprint density at radius 1 is 1.32 bits per heavy atom. The van der Waals surface area contributed by atoms with Crippen LogP contribution in [0.3, 0.4) is 0 Å². The van der Waals surface area contributed by atoms with E-state index in [0.29, 0.717) is 35.2 Å². The fourth-order valence-electron chi connectivity index (χ4n) is 4.79. The third kappa shape index (κ3) is 6.70. The van der Waals surface area contributed by atoms with E-state index < -0.39 is 6.04 Å². The minimum absolute atomic E-state index is 0.0148. The molecule has 0 aliphatic carbocycles. The van der Waals surface area contributed by atoms with E-state index >= 15 is 0 Å². The number of rotatable bonds is 10. The number of aromatic nitrogens is 2. The summed E-state index contributed by atoms with van der Waals surface area (Å²) >= 11 is 6.63. The largest absolute Gasteiger partial charge is 0.486 e. The van der Waals surface area contributed by atoms with Crippen LogP contribution in [0.5, 0.6) is 5.75 Å². The highest BCUT2D eigenvalue weighted by atomic mass is 35.5.